The van der Waals surface area contributed by atoms with E-state index >= 15 is 0 Å². The highest BCUT2D eigenvalue weighted by Crippen LogP contribution is 2.18. The quantitative estimate of drug-likeness (QED) is 0.879. The van der Waals surface area contributed by atoms with Crippen LogP contribution in [0.1, 0.15) is 38.7 Å². The van der Waals surface area contributed by atoms with Crippen LogP contribution in [0, 0.1) is 5.92 Å². The molecular formula is C18H28N2O2. The molecule has 1 fully saturated rings. The van der Waals surface area contributed by atoms with Gasteiger partial charge in [-0.2, -0.15) is 0 Å². The number of benzene rings is 1. The summed E-state index contributed by atoms with van der Waals surface area (Å²) in [4.78, 5) is 14.2. The van der Waals surface area contributed by atoms with Crippen molar-refractivity contribution in [2.45, 2.75) is 51.9 Å². The van der Waals surface area contributed by atoms with E-state index in [4.69, 9.17) is 10.5 Å². The molecule has 4 heteroatoms. The number of ether oxygens (including phenoxy) is 1. The molecule has 0 aromatic heterocycles. The van der Waals surface area contributed by atoms with Gasteiger partial charge in [-0.3, -0.25) is 4.79 Å². The van der Waals surface area contributed by atoms with Gasteiger partial charge >= 0.3 is 0 Å². The van der Waals surface area contributed by atoms with E-state index in [1.165, 1.54) is 5.56 Å². The van der Waals surface area contributed by atoms with Crippen LogP contribution in [-0.4, -0.2) is 36.0 Å². The fourth-order valence-electron chi connectivity index (χ4n) is 2.74. The molecule has 4 nitrogen and oxygen atoms in total. The number of nitrogens with zero attached hydrogens (tertiary/aromatic N) is 1. The molecule has 2 N–H and O–H groups in total. The lowest BCUT2D eigenvalue weighted by atomic mass is 9.97. The molecule has 1 aromatic rings. The number of nitrogens with two attached hydrogens (primary N) is 1. The number of amides is 1. The summed E-state index contributed by atoms with van der Waals surface area (Å²) in [5, 5.41) is 0. The van der Waals surface area contributed by atoms with E-state index in [2.05, 4.69) is 19.1 Å². The largest absolute Gasteiger partial charge is 0.373 e. The highest BCUT2D eigenvalue weighted by Gasteiger charge is 2.28. The molecule has 0 aliphatic carbocycles. The predicted molar refractivity (Wildman–Crippen MR) is 88.3 cm³/mol. The molecule has 22 heavy (non-hydrogen) atoms. The number of rotatable bonds is 6. The third-order valence-electron chi connectivity index (χ3n) is 4.62. The Balaban J connectivity index is 1.74. The minimum absolute atomic E-state index is 0.0934. The molecule has 1 aromatic carbocycles. The molecule has 2 rings (SSSR count). The van der Waals surface area contributed by atoms with Gasteiger partial charge in [0.05, 0.1) is 18.8 Å². The Morgan fingerprint density at radius 2 is 1.95 bits per heavy atom. The molecule has 2 atom stereocenters. The zero-order valence-corrected chi connectivity index (χ0v) is 13.7. The van der Waals surface area contributed by atoms with E-state index in [-0.39, 0.29) is 24.0 Å². The average Bonchev–Trinajstić information content (AvgIpc) is 2.59. The fourth-order valence-corrected chi connectivity index (χ4v) is 2.74. The summed E-state index contributed by atoms with van der Waals surface area (Å²) in [5.41, 5.74) is 7.24. The Morgan fingerprint density at radius 3 is 2.55 bits per heavy atom. The summed E-state index contributed by atoms with van der Waals surface area (Å²) in [5.74, 6) is 0.329. The zero-order chi connectivity index (χ0) is 15.9. The van der Waals surface area contributed by atoms with Gasteiger partial charge in [0.25, 0.3) is 0 Å². The SMILES string of the molecule is CCC(C)C(N)C(=O)N1CCC(OCc2ccccc2)CC1. The molecule has 1 aliphatic heterocycles. The smallest absolute Gasteiger partial charge is 0.239 e. The lowest BCUT2D eigenvalue weighted by molar-refractivity contribution is -0.136. The summed E-state index contributed by atoms with van der Waals surface area (Å²) >= 11 is 0. The first-order valence-corrected chi connectivity index (χ1v) is 8.31. The van der Waals surface area contributed by atoms with Crippen LogP contribution in [0.2, 0.25) is 0 Å². The van der Waals surface area contributed by atoms with Crippen molar-refractivity contribution in [1.29, 1.82) is 0 Å². The van der Waals surface area contributed by atoms with E-state index < -0.39 is 0 Å². The van der Waals surface area contributed by atoms with Gasteiger partial charge in [-0.05, 0) is 24.3 Å². The van der Waals surface area contributed by atoms with Crippen molar-refractivity contribution in [1.82, 2.24) is 4.90 Å². The summed E-state index contributed by atoms with van der Waals surface area (Å²) in [6.07, 6.45) is 2.96. The maximum Gasteiger partial charge on any atom is 0.239 e. The van der Waals surface area contributed by atoms with Gasteiger partial charge < -0.3 is 15.4 Å². The van der Waals surface area contributed by atoms with Crippen LogP contribution in [0.3, 0.4) is 0 Å². The second-order valence-electron chi connectivity index (χ2n) is 6.23. The van der Waals surface area contributed by atoms with Crippen LogP contribution in [-0.2, 0) is 16.1 Å². The van der Waals surface area contributed by atoms with Gasteiger partial charge in [0, 0.05) is 13.1 Å². The monoisotopic (exact) mass is 304 g/mol. The molecule has 0 saturated carbocycles. The minimum atomic E-state index is -0.369. The normalized spacial score (nSPS) is 19.0. The number of carbonyl (C=O) groups excluding carboxylic acids is 1. The van der Waals surface area contributed by atoms with Gasteiger partial charge in [0.15, 0.2) is 0 Å². The number of likely N-dealkylation sites (tertiary alicyclic amines) is 1. The summed E-state index contributed by atoms with van der Waals surface area (Å²) < 4.78 is 5.96. The topological polar surface area (TPSA) is 55.6 Å². The van der Waals surface area contributed by atoms with Crippen molar-refractivity contribution < 1.29 is 9.53 Å². The summed E-state index contributed by atoms with van der Waals surface area (Å²) in [6, 6.07) is 9.83. The maximum absolute atomic E-state index is 12.3. The van der Waals surface area contributed by atoms with Crippen molar-refractivity contribution in [3.63, 3.8) is 0 Å². The van der Waals surface area contributed by atoms with E-state index in [1.54, 1.807) is 0 Å². The van der Waals surface area contributed by atoms with Crippen molar-refractivity contribution in [2.75, 3.05) is 13.1 Å². The molecule has 122 valence electrons. The van der Waals surface area contributed by atoms with Gasteiger partial charge in [0.2, 0.25) is 5.91 Å². The van der Waals surface area contributed by atoms with Crippen molar-refractivity contribution >= 4 is 5.91 Å². The van der Waals surface area contributed by atoms with Gasteiger partial charge in [-0.25, -0.2) is 0 Å². The second-order valence-corrected chi connectivity index (χ2v) is 6.23. The van der Waals surface area contributed by atoms with Gasteiger partial charge in [0.1, 0.15) is 0 Å². The van der Waals surface area contributed by atoms with Crippen molar-refractivity contribution in [3.8, 4) is 0 Å². The molecule has 1 saturated heterocycles. The molecule has 2 unspecified atom stereocenters. The van der Waals surface area contributed by atoms with Gasteiger partial charge in [-0.1, -0.05) is 50.6 Å². The van der Waals surface area contributed by atoms with E-state index in [0.29, 0.717) is 6.61 Å². The Hall–Kier alpha value is -1.39. The van der Waals surface area contributed by atoms with E-state index in [0.717, 1.165) is 32.4 Å². The third-order valence-corrected chi connectivity index (χ3v) is 4.62. The molecule has 0 radical (unpaired) electrons. The van der Waals surface area contributed by atoms with Crippen LogP contribution in [0.15, 0.2) is 30.3 Å². The first-order chi connectivity index (χ1) is 10.6. The first kappa shape index (κ1) is 17.0. The standard InChI is InChI=1S/C18H28N2O2/c1-3-14(2)17(19)18(21)20-11-9-16(10-12-20)22-13-15-7-5-4-6-8-15/h4-8,14,16-17H,3,9-13,19H2,1-2H3. The lowest BCUT2D eigenvalue weighted by Crippen LogP contribution is -2.50. The molecule has 1 aliphatic rings. The minimum Gasteiger partial charge on any atom is -0.373 e. The van der Waals surface area contributed by atoms with Crippen LogP contribution in [0.5, 0.6) is 0 Å². The van der Waals surface area contributed by atoms with Crippen molar-refractivity contribution in [2.24, 2.45) is 11.7 Å². The predicted octanol–water partition coefficient (Wildman–Crippen LogP) is 2.57. The molecule has 1 heterocycles. The van der Waals surface area contributed by atoms with Crippen molar-refractivity contribution in [3.05, 3.63) is 35.9 Å². The van der Waals surface area contributed by atoms with E-state index in [9.17, 15) is 4.79 Å². The molecular weight excluding hydrogens is 276 g/mol. The Morgan fingerprint density at radius 1 is 1.32 bits per heavy atom. The highest BCUT2D eigenvalue weighted by atomic mass is 16.5. The number of hydrogen-bond donors (Lipinski definition) is 1. The number of piperidine rings is 1. The Kier molecular flexibility index (Phi) is 6.40. The number of hydrogen-bond acceptors (Lipinski definition) is 3. The highest BCUT2D eigenvalue weighted by molar-refractivity contribution is 5.82. The van der Waals surface area contributed by atoms with Crippen LogP contribution in [0.25, 0.3) is 0 Å². The average molecular weight is 304 g/mol. The number of carbonyl (C=O) groups is 1. The van der Waals surface area contributed by atoms with Crippen LogP contribution < -0.4 is 5.73 Å². The van der Waals surface area contributed by atoms with Crippen LogP contribution >= 0.6 is 0 Å². The first-order valence-electron chi connectivity index (χ1n) is 8.31. The van der Waals surface area contributed by atoms with Crippen LogP contribution in [0.4, 0.5) is 0 Å². The van der Waals surface area contributed by atoms with E-state index in [1.807, 2.05) is 30.0 Å². The summed E-state index contributed by atoms with van der Waals surface area (Å²) in [7, 11) is 0. The second kappa shape index (κ2) is 8.30. The molecule has 0 bridgehead atoms. The Bertz CT molecular complexity index is 455. The third kappa shape index (κ3) is 4.55. The molecule has 0 spiro atoms. The zero-order valence-electron chi connectivity index (χ0n) is 13.7. The molecule has 1 amide bonds. The Labute approximate surface area is 133 Å². The summed E-state index contributed by atoms with van der Waals surface area (Å²) in [6.45, 7) is 6.26. The van der Waals surface area contributed by atoms with Gasteiger partial charge in [-0.15, -0.1) is 0 Å². The fraction of sp³-hybridized carbons (Fsp3) is 0.611. The maximum atomic E-state index is 12.3. The lowest BCUT2D eigenvalue weighted by Gasteiger charge is -2.34.